The Hall–Kier alpha value is -1.02. The lowest BCUT2D eigenvalue weighted by atomic mass is 10.2. The topological polar surface area (TPSA) is 28.7 Å². The maximum Gasteiger partial charge on any atom is 0.186 e. The highest BCUT2D eigenvalue weighted by molar-refractivity contribution is 14.1. The Bertz CT molecular complexity index is 786. The Morgan fingerprint density at radius 2 is 1.95 bits per heavy atom. The summed E-state index contributed by atoms with van der Waals surface area (Å²) in [6.07, 6.45) is 0. The van der Waals surface area contributed by atoms with Crippen molar-refractivity contribution in [2.24, 2.45) is 0 Å². The van der Waals surface area contributed by atoms with Gasteiger partial charge < -0.3 is 4.98 Å². The SMILES string of the molecule is Fc1ccc2[nH]c(-c3cc(I)ccc3Br)nc2c1F. The zero-order valence-electron chi connectivity index (χ0n) is 9.35. The van der Waals surface area contributed by atoms with Gasteiger partial charge in [0.15, 0.2) is 11.6 Å². The maximum absolute atomic E-state index is 13.6. The molecule has 0 atom stereocenters. The summed E-state index contributed by atoms with van der Waals surface area (Å²) in [5, 5.41) is 0. The molecule has 6 heteroatoms. The fraction of sp³-hybridized carbons (Fsp3) is 0. The third kappa shape index (κ3) is 2.27. The number of nitrogens with one attached hydrogen (secondary N) is 1. The minimum atomic E-state index is -0.929. The molecule has 1 heterocycles. The molecule has 0 aliphatic carbocycles. The molecule has 0 unspecified atom stereocenters. The van der Waals surface area contributed by atoms with Crippen molar-refractivity contribution in [3.05, 3.63) is 50.0 Å². The molecule has 1 N–H and O–H groups in total. The second kappa shape index (κ2) is 4.82. The molecule has 19 heavy (non-hydrogen) atoms. The molecular formula is C13H6BrF2IN2. The van der Waals surface area contributed by atoms with Crippen LogP contribution in [0.4, 0.5) is 8.78 Å². The van der Waals surface area contributed by atoms with Crippen LogP contribution in [-0.2, 0) is 0 Å². The number of H-pyrrole nitrogens is 1. The van der Waals surface area contributed by atoms with Crippen molar-refractivity contribution in [1.82, 2.24) is 9.97 Å². The smallest absolute Gasteiger partial charge is 0.186 e. The third-order valence-electron chi connectivity index (χ3n) is 2.73. The van der Waals surface area contributed by atoms with Crippen LogP contribution in [0.5, 0.6) is 0 Å². The van der Waals surface area contributed by atoms with E-state index in [1.54, 1.807) is 0 Å². The van der Waals surface area contributed by atoms with Gasteiger partial charge in [-0.2, -0.15) is 0 Å². The van der Waals surface area contributed by atoms with Crippen LogP contribution in [0.15, 0.2) is 34.8 Å². The summed E-state index contributed by atoms with van der Waals surface area (Å²) in [7, 11) is 0. The summed E-state index contributed by atoms with van der Waals surface area (Å²) in [5.74, 6) is -1.32. The Balaban J connectivity index is 2.26. The lowest BCUT2D eigenvalue weighted by Crippen LogP contribution is -1.85. The van der Waals surface area contributed by atoms with E-state index in [9.17, 15) is 8.78 Å². The number of fused-ring (bicyclic) bond motifs is 1. The van der Waals surface area contributed by atoms with E-state index in [4.69, 9.17) is 0 Å². The van der Waals surface area contributed by atoms with E-state index < -0.39 is 11.6 Å². The van der Waals surface area contributed by atoms with E-state index in [-0.39, 0.29) is 5.52 Å². The van der Waals surface area contributed by atoms with Crippen LogP contribution in [-0.4, -0.2) is 9.97 Å². The minimum Gasteiger partial charge on any atom is -0.338 e. The van der Waals surface area contributed by atoms with Crippen LogP contribution >= 0.6 is 38.5 Å². The van der Waals surface area contributed by atoms with Gasteiger partial charge in [-0.25, -0.2) is 13.8 Å². The summed E-state index contributed by atoms with van der Waals surface area (Å²) in [5.41, 5.74) is 1.29. The number of hydrogen-bond donors (Lipinski definition) is 1. The Kier molecular flexibility index (Phi) is 3.30. The second-order valence-electron chi connectivity index (χ2n) is 3.97. The molecule has 3 aromatic rings. The van der Waals surface area contributed by atoms with Crippen LogP contribution in [0.3, 0.4) is 0 Å². The Morgan fingerprint density at radius 1 is 1.16 bits per heavy atom. The molecule has 0 bridgehead atoms. The molecule has 0 saturated carbocycles. The van der Waals surface area contributed by atoms with Gasteiger partial charge in [0.05, 0.1) is 5.52 Å². The number of aromatic amines is 1. The van der Waals surface area contributed by atoms with Crippen molar-refractivity contribution < 1.29 is 8.78 Å². The predicted octanol–water partition coefficient (Wildman–Crippen LogP) is 4.88. The van der Waals surface area contributed by atoms with Gasteiger partial charge in [-0.1, -0.05) is 15.9 Å². The van der Waals surface area contributed by atoms with Gasteiger partial charge in [-0.3, -0.25) is 0 Å². The Morgan fingerprint density at radius 3 is 2.74 bits per heavy atom. The molecule has 2 nitrogen and oxygen atoms in total. The molecule has 0 spiro atoms. The van der Waals surface area contributed by atoms with E-state index >= 15 is 0 Å². The molecule has 3 rings (SSSR count). The molecule has 1 aromatic heterocycles. The number of nitrogens with zero attached hydrogens (tertiary/aromatic N) is 1. The largest absolute Gasteiger partial charge is 0.338 e. The second-order valence-corrected chi connectivity index (χ2v) is 6.07. The third-order valence-corrected chi connectivity index (χ3v) is 4.09. The first-order valence-corrected chi connectivity index (χ1v) is 7.22. The first-order chi connectivity index (χ1) is 9.06. The number of benzene rings is 2. The highest BCUT2D eigenvalue weighted by atomic mass is 127. The standard InChI is InChI=1S/C13H6BrF2IN2/c14-8-2-1-6(17)5-7(8)13-18-10-4-3-9(15)11(16)12(10)19-13/h1-5H,(H,18,19). The molecule has 96 valence electrons. The first kappa shape index (κ1) is 13.0. The summed E-state index contributed by atoms with van der Waals surface area (Å²) in [6.45, 7) is 0. The number of halogens is 4. The maximum atomic E-state index is 13.6. The van der Waals surface area contributed by atoms with E-state index in [1.165, 1.54) is 6.07 Å². The average Bonchev–Trinajstić information content (AvgIpc) is 2.81. The average molecular weight is 435 g/mol. The van der Waals surface area contributed by atoms with Crippen molar-refractivity contribution >= 4 is 49.6 Å². The van der Waals surface area contributed by atoms with Crippen molar-refractivity contribution in [1.29, 1.82) is 0 Å². The van der Waals surface area contributed by atoms with Gasteiger partial charge in [-0.15, -0.1) is 0 Å². The summed E-state index contributed by atoms with van der Waals surface area (Å²) in [4.78, 5) is 7.14. The van der Waals surface area contributed by atoms with Gasteiger partial charge in [0.25, 0.3) is 0 Å². The highest BCUT2D eigenvalue weighted by Gasteiger charge is 2.14. The zero-order chi connectivity index (χ0) is 13.6. The van der Waals surface area contributed by atoms with Gasteiger partial charge >= 0.3 is 0 Å². The monoisotopic (exact) mass is 434 g/mol. The van der Waals surface area contributed by atoms with Gasteiger partial charge in [0.1, 0.15) is 11.3 Å². The normalized spacial score (nSPS) is 11.2. The van der Waals surface area contributed by atoms with Crippen LogP contribution in [0.2, 0.25) is 0 Å². The van der Waals surface area contributed by atoms with Crippen LogP contribution in [0.1, 0.15) is 0 Å². The molecule has 2 aromatic carbocycles. The number of rotatable bonds is 1. The van der Waals surface area contributed by atoms with Gasteiger partial charge in [0.2, 0.25) is 0 Å². The Labute approximate surface area is 129 Å². The molecule has 0 aliphatic heterocycles. The van der Waals surface area contributed by atoms with E-state index in [2.05, 4.69) is 48.5 Å². The highest BCUT2D eigenvalue weighted by Crippen LogP contribution is 2.30. The van der Waals surface area contributed by atoms with Crippen molar-refractivity contribution in [2.45, 2.75) is 0 Å². The van der Waals surface area contributed by atoms with Crippen LogP contribution in [0, 0.1) is 15.2 Å². The van der Waals surface area contributed by atoms with Crippen LogP contribution in [0.25, 0.3) is 22.4 Å². The lowest BCUT2D eigenvalue weighted by Gasteiger charge is -2.01. The fourth-order valence-corrected chi connectivity index (χ4v) is 2.75. The number of aromatic nitrogens is 2. The predicted molar refractivity (Wildman–Crippen MR) is 81.9 cm³/mol. The summed E-state index contributed by atoms with van der Waals surface area (Å²) in [6, 6.07) is 8.31. The zero-order valence-corrected chi connectivity index (χ0v) is 13.1. The number of imidazole rings is 1. The summed E-state index contributed by atoms with van der Waals surface area (Å²) >= 11 is 5.61. The van der Waals surface area contributed by atoms with Crippen LogP contribution < -0.4 is 0 Å². The fourth-order valence-electron chi connectivity index (χ4n) is 1.82. The van der Waals surface area contributed by atoms with Crippen molar-refractivity contribution in [2.75, 3.05) is 0 Å². The minimum absolute atomic E-state index is 0.0146. The van der Waals surface area contributed by atoms with E-state index in [1.807, 2.05) is 18.2 Å². The van der Waals surface area contributed by atoms with E-state index in [0.29, 0.717) is 11.3 Å². The van der Waals surface area contributed by atoms with Crippen molar-refractivity contribution in [3.8, 4) is 11.4 Å². The van der Waals surface area contributed by atoms with Crippen molar-refractivity contribution in [3.63, 3.8) is 0 Å². The molecule has 0 amide bonds. The quantitative estimate of drug-likeness (QED) is 0.543. The van der Waals surface area contributed by atoms with Gasteiger partial charge in [-0.05, 0) is 52.9 Å². The molecular weight excluding hydrogens is 429 g/mol. The molecule has 0 fully saturated rings. The molecule has 0 aliphatic rings. The first-order valence-electron chi connectivity index (χ1n) is 5.35. The summed E-state index contributed by atoms with van der Waals surface area (Å²) < 4.78 is 28.7. The van der Waals surface area contributed by atoms with Gasteiger partial charge in [0, 0.05) is 13.6 Å². The number of hydrogen-bond acceptors (Lipinski definition) is 1. The molecule has 0 saturated heterocycles. The van der Waals surface area contributed by atoms with E-state index in [0.717, 1.165) is 19.7 Å². The molecule has 0 radical (unpaired) electrons. The lowest BCUT2D eigenvalue weighted by molar-refractivity contribution is 0.515.